The van der Waals surface area contributed by atoms with E-state index in [1.807, 2.05) is 0 Å². The molecule has 0 bridgehead atoms. The van der Waals surface area contributed by atoms with Gasteiger partial charge in [0.05, 0.1) is 12.2 Å². The van der Waals surface area contributed by atoms with Crippen molar-refractivity contribution in [1.82, 2.24) is 0 Å². The van der Waals surface area contributed by atoms with E-state index in [4.69, 9.17) is 0 Å². The fourth-order valence-corrected chi connectivity index (χ4v) is 1.68. The Labute approximate surface area is 86.0 Å². The Morgan fingerprint density at radius 2 is 2.14 bits per heavy atom. The van der Waals surface area contributed by atoms with E-state index in [1.54, 1.807) is 0 Å². The van der Waals surface area contributed by atoms with Crippen LogP contribution in [-0.2, 0) is 0 Å². The molecule has 0 unspecified atom stereocenters. The molecular weight excluding hydrogens is 176 g/mol. The van der Waals surface area contributed by atoms with Gasteiger partial charge in [-0.15, -0.1) is 0 Å². The molecule has 0 aromatic carbocycles. The normalized spacial score (nSPS) is 27.0. The Kier molecular flexibility index (Phi) is 4.36. The van der Waals surface area contributed by atoms with Crippen LogP contribution in [0.25, 0.3) is 0 Å². The van der Waals surface area contributed by atoms with Gasteiger partial charge in [-0.1, -0.05) is 23.3 Å². The summed E-state index contributed by atoms with van der Waals surface area (Å²) in [5.41, 5.74) is 2.61. The molecule has 2 heteroatoms. The van der Waals surface area contributed by atoms with E-state index in [0.29, 0.717) is 12.8 Å². The lowest BCUT2D eigenvalue weighted by Gasteiger charge is -2.23. The average molecular weight is 196 g/mol. The third-order valence-electron chi connectivity index (χ3n) is 2.58. The van der Waals surface area contributed by atoms with Crippen molar-refractivity contribution in [3.8, 4) is 0 Å². The van der Waals surface area contributed by atoms with Crippen LogP contribution in [0.5, 0.6) is 0 Å². The molecule has 0 radical (unpaired) electrons. The zero-order valence-electron chi connectivity index (χ0n) is 9.03. The van der Waals surface area contributed by atoms with Gasteiger partial charge in [0.1, 0.15) is 0 Å². The van der Waals surface area contributed by atoms with E-state index in [-0.39, 0.29) is 0 Å². The van der Waals surface area contributed by atoms with Crippen LogP contribution in [0.2, 0.25) is 0 Å². The third kappa shape index (κ3) is 3.64. The minimum absolute atomic E-state index is 0.554. The number of allylic oxidation sites excluding steroid dienone is 2. The van der Waals surface area contributed by atoms with Crippen molar-refractivity contribution in [2.75, 3.05) is 0 Å². The predicted molar refractivity (Wildman–Crippen MR) is 58.0 cm³/mol. The van der Waals surface area contributed by atoms with E-state index < -0.39 is 12.2 Å². The van der Waals surface area contributed by atoms with Gasteiger partial charge < -0.3 is 10.2 Å². The summed E-state index contributed by atoms with van der Waals surface area (Å²) in [4.78, 5) is 0. The van der Waals surface area contributed by atoms with Gasteiger partial charge in [0, 0.05) is 0 Å². The summed E-state index contributed by atoms with van der Waals surface area (Å²) in [5.74, 6) is 0. The van der Waals surface area contributed by atoms with E-state index in [9.17, 15) is 10.2 Å². The largest absolute Gasteiger partial charge is 0.390 e. The molecule has 2 N–H and O–H groups in total. The molecule has 0 saturated heterocycles. The number of aliphatic hydroxyl groups excluding tert-OH is 2. The Morgan fingerprint density at radius 1 is 1.43 bits per heavy atom. The summed E-state index contributed by atoms with van der Waals surface area (Å²) >= 11 is 0. The first kappa shape index (κ1) is 11.5. The SMILES string of the molecule is CC(C)=CCCC1=CC[C@H](O)[C@@H](O)C1. The molecule has 0 aromatic heterocycles. The highest BCUT2D eigenvalue weighted by Crippen LogP contribution is 2.22. The number of hydrogen-bond donors (Lipinski definition) is 2. The van der Waals surface area contributed by atoms with Gasteiger partial charge in [0.2, 0.25) is 0 Å². The molecular formula is C12H20O2. The van der Waals surface area contributed by atoms with Gasteiger partial charge in [-0.25, -0.2) is 0 Å². The number of hydrogen-bond acceptors (Lipinski definition) is 2. The average Bonchev–Trinajstić information content (AvgIpc) is 2.10. The van der Waals surface area contributed by atoms with Crippen LogP contribution in [0.4, 0.5) is 0 Å². The smallest absolute Gasteiger partial charge is 0.0839 e. The van der Waals surface area contributed by atoms with Gasteiger partial charge in [-0.3, -0.25) is 0 Å². The first-order valence-corrected chi connectivity index (χ1v) is 5.27. The van der Waals surface area contributed by atoms with Gasteiger partial charge in [-0.05, 0) is 39.5 Å². The fourth-order valence-electron chi connectivity index (χ4n) is 1.68. The van der Waals surface area contributed by atoms with E-state index >= 15 is 0 Å². The van der Waals surface area contributed by atoms with Crippen LogP contribution < -0.4 is 0 Å². The lowest BCUT2D eigenvalue weighted by molar-refractivity contribution is 0.0163. The van der Waals surface area contributed by atoms with E-state index in [2.05, 4.69) is 26.0 Å². The van der Waals surface area contributed by atoms with Gasteiger partial charge in [0.15, 0.2) is 0 Å². The molecule has 1 aliphatic rings. The second-order valence-corrected chi connectivity index (χ2v) is 4.26. The molecule has 0 spiro atoms. The molecule has 1 rings (SSSR count). The molecule has 0 aliphatic heterocycles. The molecule has 0 amide bonds. The van der Waals surface area contributed by atoms with Crippen molar-refractivity contribution >= 4 is 0 Å². The van der Waals surface area contributed by atoms with Crippen molar-refractivity contribution in [2.24, 2.45) is 0 Å². The summed E-state index contributed by atoms with van der Waals surface area (Å²) in [6, 6.07) is 0. The van der Waals surface area contributed by atoms with Crippen molar-refractivity contribution in [2.45, 2.75) is 51.7 Å². The zero-order chi connectivity index (χ0) is 10.6. The Bertz CT molecular complexity index is 237. The molecule has 0 fully saturated rings. The molecule has 1 aliphatic carbocycles. The highest BCUT2D eigenvalue weighted by atomic mass is 16.3. The molecule has 2 nitrogen and oxygen atoms in total. The fraction of sp³-hybridized carbons (Fsp3) is 0.667. The summed E-state index contributed by atoms with van der Waals surface area (Å²) < 4.78 is 0. The zero-order valence-corrected chi connectivity index (χ0v) is 9.03. The maximum atomic E-state index is 9.45. The maximum absolute atomic E-state index is 9.45. The molecule has 2 atom stereocenters. The van der Waals surface area contributed by atoms with Crippen LogP contribution >= 0.6 is 0 Å². The minimum atomic E-state index is -0.554. The monoisotopic (exact) mass is 196 g/mol. The topological polar surface area (TPSA) is 40.5 Å². The number of aliphatic hydroxyl groups is 2. The lowest BCUT2D eigenvalue weighted by Crippen LogP contribution is -2.28. The van der Waals surface area contributed by atoms with Crippen molar-refractivity contribution < 1.29 is 10.2 Å². The highest BCUT2D eigenvalue weighted by Gasteiger charge is 2.20. The second-order valence-electron chi connectivity index (χ2n) is 4.26. The van der Waals surface area contributed by atoms with Crippen molar-refractivity contribution in [1.29, 1.82) is 0 Å². The van der Waals surface area contributed by atoms with Crippen LogP contribution in [-0.4, -0.2) is 22.4 Å². The molecule has 0 saturated carbocycles. The summed E-state index contributed by atoms with van der Waals surface area (Å²) in [5, 5.41) is 18.8. The first-order valence-electron chi connectivity index (χ1n) is 5.27. The maximum Gasteiger partial charge on any atom is 0.0839 e. The molecule has 0 heterocycles. The molecule has 80 valence electrons. The minimum Gasteiger partial charge on any atom is -0.390 e. The second kappa shape index (κ2) is 5.32. The molecule has 0 aromatic rings. The summed E-state index contributed by atoms with van der Waals surface area (Å²) in [6.07, 6.45) is 6.45. The summed E-state index contributed by atoms with van der Waals surface area (Å²) in [6.45, 7) is 4.18. The van der Waals surface area contributed by atoms with Crippen LogP contribution in [0.15, 0.2) is 23.3 Å². The summed E-state index contributed by atoms with van der Waals surface area (Å²) in [7, 11) is 0. The Balaban J connectivity index is 2.36. The van der Waals surface area contributed by atoms with E-state index in [1.165, 1.54) is 11.1 Å². The quantitative estimate of drug-likeness (QED) is 0.679. The first-order chi connectivity index (χ1) is 6.59. The molecule has 14 heavy (non-hydrogen) atoms. The van der Waals surface area contributed by atoms with Crippen molar-refractivity contribution in [3.05, 3.63) is 23.3 Å². The van der Waals surface area contributed by atoms with Crippen molar-refractivity contribution in [3.63, 3.8) is 0 Å². The Morgan fingerprint density at radius 3 is 2.71 bits per heavy atom. The number of rotatable bonds is 3. The predicted octanol–water partition coefficient (Wildman–Crippen LogP) is 2.17. The van der Waals surface area contributed by atoms with E-state index in [0.717, 1.165) is 12.8 Å². The highest BCUT2D eigenvalue weighted by molar-refractivity contribution is 5.11. The van der Waals surface area contributed by atoms with Gasteiger partial charge in [-0.2, -0.15) is 0 Å². The van der Waals surface area contributed by atoms with Crippen LogP contribution in [0.1, 0.15) is 39.5 Å². The standard InChI is InChI=1S/C12H20O2/c1-9(2)4-3-5-10-6-7-11(13)12(14)8-10/h4,6,11-14H,3,5,7-8H2,1-2H3/t11-,12-/m0/s1. The Hall–Kier alpha value is -0.600. The van der Waals surface area contributed by atoms with Gasteiger partial charge in [0.25, 0.3) is 0 Å². The van der Waals surface area contributed by atoms with Crippen LogP contribution in [0, 0.1) is 0 Å². The van der Waals surface area contributed by atoms with Crippen LogP contribution in [0.3, 0.4) is 0 Å². The lowest BCUT2D eigenvalue weighted by atomic mass is 9.91. The van der Waals surface area contributed by atoms with Gasteiger partial charge >= 0.3 is 0 Å². The third-order valence-corrected chi connectivity index (χ3v) is 2.58.